The van der Waals surface area contributed by atoms with Crippen LogP contribution >= 0.6 is 0 Å². The maximum atomic E-state index is 10.8. The van der Waals surface area contributed by atoms with Crippen molar-refractivity contribution < 1.29 is 9.90 Å². The van der Waals surface area contributed by atoms with Gasteiger partial charge in [-0.1, -0.05) is 77.9 Å². The van der Waals surface area contributed by atoms with Crippen LogP contribution in [0.3, 0.4) is 0 Å². The molecule has 0 saturated carbocycles. The van der Waals surface area contributed by atoms with Crippen LogP contribution < -0.4 is 4.90 Å². The molecule has 0 aliphatic rings. The van der Waals surface area contributed by atoms with E-state index in [1.54, 1.807) is 6.08 Å². The van der Waals surface area contributed by atoms with E-state index < -0.39 is 5.97 Å². The van der Waals surface area contributed by atoms with Crippen molar-refractivity contribution in [2.24, 2.45) is 0 Å². The van der Waals surface area contributed by atoms with Crippen molar-refractivity contribution in [3.63, 3.8) is 0 Å². The van der Waals surface area contributed by atoms with Crippen molar-refractivity contribution in [2.75, 3.05) is 4.90 Å². The van der Waals surface area contributed by atoms with Gasteiger partial charge in [-0.25, -0.2) is 4.79 Å². The fraction of sp³-hybridized carbons (Fsp3) is 0.0645. The van der Waals surface area contributed by atoms with Gasteiger partial charge in [-0.15, -0.1) is 0 Å². The predicted octanol–water partition coefficient (Wildman–Crippen LogP) is 8.04. The molecule has 0 unspecified atom stereocenters. The van der Waals surface area contributed by atoms with E-state index in [0.29, 0.717) is 0 Å². The summed E-state index contributed by atoms with van der Waals surface area (Å²) in [6, 6.07) is 33.4. The highest BCUT2D eigenvalue weighted by Crippen LogP contribution is 2.34. The molecule has 0 bridgehead atoms. The lowest BCUT2D eigenvalue weighted by atomic mass is 10.1. The zero-order chi connectivity index (χ0) is 23.9. The number of carboxylic acid groups (broad SMARTS) is 1. The first-order chi connectivity index (χ1) is 16.5. The summed E-state index contributed by atoms with van der Waals surface area (Å²) in [5.41, 5.74) is 8.73. The van der Waals surface area contributed by atoms with Gasteiger partial charge >= 0.3 is 5.97 Å². The molecular weight excluding hydrogens is 418 g/mol. The molecule has 4 aromatic rings. The second kappa shape index (κ2) is 10.5. The van der Waals surface area contributed by atoms with Gasteiger partial charge < -0.3 is 10.0 Å². The standard InChI is InChI=1S/C31H27NO2/c1-23-6-15-28(16-7-23)32(29-17-8-24(2)9-18-29)30-19-12-25(13-20-30)10-11-26-4-3-5-27(22-26)14-21-31(33)34/h3-22H,1-2H3,(H,33,34). The summed E-state index contributed by atoms with van der Waals surface area (Å²) < 4.78 is 0. The summed E-state index contributed by atoms with van der Waals surface area (Å²) >= 11 is 0. The van der Waals surface area contributed by atoms with E-state index in [2.05, 4.69) is 97.6 Å². The third-order valence-electron chi connectivity index (χ3n) is 5.53. The van der Waals surface area contributed by atoms with Gasteiger partial charge in [0.05, 0.1) is 0 Å². The van der Waals surface area contributed by atoms with Crippen LogP contribution in [0, 0.1) is 13.8 Å². The van der Waals surface area contributed by atoms with Gasteiger partial charge in [0.15, 0.2) is 0 Å². The number of nitrogens with zero attached hydrogens (tertiary/aromatic N) is 1. The molecule has 3 nitrogen and oxygen atoms in total. The van der Waals surface area contributed by atoms with Crippen molar-refractivity contribution >= 4 is 41.3 Å². The highest BCUT2D eigenvalue weighted by molar-refractivity contribution is 5.85. The minimum Gasteiger partial charge on any atom is -0.478 e. The fourth-order valence-electron chi connectivity index (χ4n) is 3.70. The van der Waals surface area contributed by atoms with Crippen LogP contribution in [0.15, 0.2) is 103 Å². The number of hydrogen-bond acceptors (Lipinski definition) is 2. The Hall–Kier alpha value is -4.37. The second-order valence-electron chi connectivity index (χ2n) is 8.27. The number of carbonyl (C=O) groups is 1. The summed E-state index contributed by atoms with van der Waals surface area (Å²) in [7, 11) is 0. The van der Waals surface area contributed by atoms with Crippen LogP contribution in [0.4, 0.5) is 17.1 Å². The first-order valence-electron chi connectivity index (χ1n) is 11.2. The molecule has 168 valence electrons. The van der Waals surface area contributed by atoms with Gasteiger partial charge in [-0.2, -0.15) is 0 Å². The van der Waals surface area contributed by atoms with E-state index in [4.69, 9.17) is 5.11 Å². The minimum absolute atomic E-state index is 0.853. The van der Waals surface area contributed by atoms with Crippen LogP contribution in [0.5, 0.6) is 0 Å². The Morgan fingerprint density at radius 2 is 1.06 bits per heavy atom. The average molecular weight is 446 g/mol. The molecule has 0 fully saturated rings. The molecule has 0 amide bonds. The summed E-state index contributed by atoms with van der Waals surface area (Å²) in [6.45, 7) is 4.19. The van der Waals surface area contributed by atoms with Gasteiger partial charge in [0.1, 0.15) is 0 Å². The van der Waals surface area contributed by atoms with E-state index in [1.165, 1.54) is 11.1 Å². The van der Waals surface area contributed by atoms with E-state index in [9.17, 15) is 4.79 Å². The largest absolute Gasteiger partial charge is 0.478 e. The molecule has 0 radical (unpaired) electrons. The van der Waals surface area contributed by atoms with Gasteiger partial charge in [0, 0.05) is 23.1 Å². The number of carboxylic acids is 1. The van der Waals surface area contributed by atoms with E-state index >= 15 is 0 Å². The Balaban J connectivity index is 1.59. The zero-order valence-electron chi connectivity index (χ0n) is 19.3. The van der Waals surface area contributed by atoms with Crippen molar-refractivity contribution in [3.05, 3.63) is 131 Å². The van der Waals surface area contributed by atoms with Crippen LogP contribution in [0.2, 0.25) is 0 Å². The van der Waals surface area contributed by atoms with E-state index in [1.807, 2.05) is 30.3 Å². The molecule has 0 spiro atoms. The van der Waals surface area contributed by atoms with Gasteiger partial charge in [0.2, 0.25) is 0 Å². The molecule has 0 saturated heterocycles. The molecular formula is C31H27NO2. The molecule has 0 aromatic heterocycles. The van der Waals surface area contributed by atoms with Crippen LogP contribution in [-0.2, 0) is 4.79 Å². The number of hydrogen-bond donors (Lipinski definition) is 1. The topological polar surface area (TPSA) is 40.5 Å². The van der Waals surface area contributed by atoms with E-state index in [0.717, 1.165) is 39.8 Å². The van der Waals surface area contributed by atoms with Gasteiger partial charge in [-0.05, 0) is 79.1 Å². The van der Waals surface area contributed by atoms with Crippen LogP contribution in [0.25, 0.3) is 18.2 Å². The maximum absolute atomic E-state index is 10.8. The molecule has 4 rings (SSSR count). The van der Waals surface area contributed by atoms with Gasteiger partial charge in [-0.3, -0.25) is 0 Å². The lowest BCUT2D eigenvalue weighted by molar-refractivity contribution is -0.131. The smallest absolute Gasteiger partial charge is 0.328 e. The second-order valence-corrected chi connectivity index (χ2v) is 8.27. The Morgan fingerprint density at radius 3 is 1.56 bits per heavy atom. The van der Waals surface area contributed by atoms with Crippen LogP contribution in [0.1, 0.15) is 27.8 Å². The third-order valence-corrected chi connectivity index (χ3v) is 5.53. The van der Waals surface area contributed by atoms with Crippen molar-refractivity contribution in [1.82, 2.24) is 0 Å². The van der Waals surface area contributed by atoms with Crippen LogP contribution in [-0.4, -0.2) is 11.1 Å². The Kier molecular flexibility index (Phi) is 7.04. The van der Waals surface area contributed by atoms with Crippen molar-refractivity contribution in [3.8, 4) is 0 Å². The Labute approximate surface area is 200 Å². The SMILES string of the molecule is Cc1ccc(N(c2ccc(C)cc2)c2ccc(C=Cc3cccc(C=CC(=O)O)c3)cc2)cc1. The lowest BCUT2D eigenvalue weighted by Crippen LogP contribution is -2.09. The van der Waals surface area contributed by atoms with Crippen molar-refractivity contribution in [2.45, 2.75) is 13.8 Å². The number of benzene rings is 4. The summed E-state index contributed by atoms with van der Waals surface area (Å²) in [6.07, 6.45) is 6.84. The van der Waals surface area contributed by atoms with Crippen molar-refractivity contribution in [1.29, 1.82) is 0 Å². The lowest BCUT2D eigenvalue weighted by Gasteiger charge is -2.25. The minimum atomic E-state index is -0.952. The first kappa shape index (κ1) is 22.8. The fourth-order valence-corrected chi connectivity index (χ4v) is 3.70. The Bertz CT molecular complexity index is 1270. The van der Waals surface area contributed by atoms with Gasteiger partial charge in [0.25, 0.3) is 0 Å². The summed E-state index contributed by atoms with van der Waals surface area (Å²) in [4.78, 5) is 13.0. The molecule has 1 N–H and O–H groups in total. The summed E-state index contributed by atoms with van der Waals surface area (Å²) in [5.74, 6) is -0.952. The zero-order valence-corrected chi connectivity index (χ0v) is 19.3. The maximum Gasteiger partial charge on any atom is 0.328 e. The number of aliphatic carboxylic acids is 1. The highest BCUT2D eigenvalue weighted by atomic mass is 16.4. The molecule has 0 heterocycles. The quantitative estimate of drug-likeness (QED) is 0.231. The first-order valence-corrected chi connectivity index (χ1v) is 11.2. The molecule has 34 heavy (non-hydrogen) atoms. The third kappa shape index (κ3) is 5.90. The highest BCUT2D eigenvalue weighted by Gasteiger charge is 2.12. The number of anilines is 3. The molecule has 0 aliphatic heterocycles. The molecule has 0 aliphatic carbocycles. The Morgan fingerprint density at radius 1 is 0.618 bits per heavy atom. The normalized spacial score (nSPS) is 11.2. The molecule has 3 heteroatoms. The molecule has 4 aromatic carbocycles. The van der Waals surface area contributed by atoms with E-state index in [-0.39, 0.29) is 0 Å². The monoisotopic (exact) mass is 445 g/mol. The predicted molar refractivity (Wildman–Crippen MR) is 143 cm³/mol. The average Bonchev–Trinajstić information content (AvgIpc) is 2.85. The number of rotatable bonds is 7. The summed E-state index contributed by atoms with van der Waals surface area (Å²) in [5, 5.41) is 8.82. The number of aryl methyl sites for hydroxylation is 2. The molecule has 0 atom stereocenters.